The summed E-state index contributed by atoms with van der Waals surface area (Å²) in [4.78, 5) is 22.9. The number of carbonyl (C=O) groups excluding carboxylic acids is 1. The molecule has 1 amide bonds. The Morgan fingerprint density at radius 3 is 2.27 bits per heavy atom. The molecule has 3 aromatic carbocycles. The molecule has 0 saturated carbocycles. The lowest BCUT2D eigenvalue weighted by molar-refractivity contribution is 0.0630. The number of pyridine rings is 1. The Morgan fingerprint density at radius 2 is 1.46 bits per heavy atom. The molecule has 0 atom stereocenters. The highest BCUT2D eigenvalue weighted by Crippen LogP contribution is 2.37. The summed E-state index contributed by atoms with van der Waals surface area (Å²) in [6.07, 6.45) is 0. The Bertz CT molecular complexity index is 1510. The summed E-state index contributed by atoms with van der Waals surface area (Å²) in [6.45, 7) is 4.24. The molecule has 0 spiro atoms. The first kappa shape index (κ1) is 21.9. The van der Waals surface area contributed by atoms with E-state index in [1.165, 1.54) is 5.56 Å². The Balaban J connectivity index is 1.11. The molecule has 37 heavy (non-hydrogen) atoms. The lowest BCUT2D eigenvalue weighted by Gasteiger charge is -2.35. The van der Waals surface area contributed by atoms with Gasteiger partial charge in [-0.2, -0.15) is 0 Å². The second kappa shape index (κ2) is 8.97. The zero-order chi connectivity index (χ0) is 24.8. The van der Waals surface area contributed by atoms with E-state index in [1.54, 1.807) is 0 Å². The van der Waals surface area contributed by atoms with Gasteiger partial charge in [0.1, 0.15) is 0 Å². The number of fused-ring (bicyclic) bond motifs is 3. The van der Waals surface area contributed by atoms with Crippen molar-refractivity contribution in [1.82, 2.24) is 14.8 Å². The van der Waals surface area contributed by atoms with Crippen LogP contribution in [-0.4, -0.2) is 60.5 Å². The predicted molar refractivity (Wildman–Crippen MR) is 137 cm³/mol. The molecule has 4 heterocycles. The van der Waals surface area contributed by atoms with Crippen LogP contribution >= 0.6 is 0 Å². The molecule has 3 aliphatic rings. The van der Waals surface area contributed by atoms with Gasteiger partial charge >= 0.3 is 0 Å². The predicted octanol–water partition coefficient (Wildman–Crippen LogP) is 4.32. The molecule has 3 aliphatic heterocycles. The molecule has 1 aromatic heterocycles. The summed E-state index contributed by atoms with van der Waals surface area (Å²) >= 11 is 0. The molecule has 1 fully saturated rings. The average Bonchev–Trinajstić information content (AvgIpc) is 3.61. The van der Waals surface area contributed by atoms with E-state index in [2.05, 4.69) is 11.0 Å². The Kier molecular flexibility index (Phi) is 5.32. The van der Waals surface area contributed by atoms with Crippen molar-refractivity contribution in [3.63, 3.8) is 0 Å². The lowest BCUT2D eigenvalue weighted by atomic mass is 10.0. The van der Waals surface area contributed by atoms with Gasteiger partial charge in [-0.15, -0.1) is 0 Å². The van der Waals surface area contributed by atoms with Crippen molar-refractivity contribution in [2.75, 3.05) is 39.8 Å². The van der Waals surface area contributed by atoms with Gasteiger partial charge in [-0.05, 0) is 48.0 Å². The third-order valence-corrected chi connectivity index (χ3v) is 7.12. The molecule has 0 bridgehead atoms. The van der Waals surface area contributed by atoms with Crippen molar-refractivity contribution < 1.29 is 23.7 Å². The van der Waals surface area contributed by atoms with Crippen LogP contribution in [0, 0.1) is 0 Å². The van der Waals surface area contributed by atoms with E-state index in [9.17, 15) is 4.79 Å². The minimum absolute atomic E-state index is 0.0309. The molecule has 186 valence electrons. The summed E-state index contributed by atoms with van der Waals surface area (Å²) in [5, 5.41) is 0.861. The van der Waals surface area contributed by atoms with Crippen LogP contribution < -0.4 is 18.9 Å². The highest BCUT2D eigenvalue weighted by atomic mass is 16.7. The molecule has 0 aliphatic carbocycles. The van der Waals surface area contributed by atoms with Crippen molar-refractivity contribution in [1.29, 1.82) is 0 Å². The SMILES string of the molecule is O=C(c1cc(-c2ccc3c(c2)OCO3)nc2ccccc12)N1CCN(Cc2ccc3c(c2)OCO3)CC1. The van der Waals surface area contributed by atoms with Gasteiger partial charge in [0.25, 0.3) is 5.91 Å². The largest absolute Gasteiger partial charge is 0.454 e. The number of aromatic nitrogens is 1. The van der Waals surface area contributed by atoms with E-state index in [0.29, 0.717) is 24.4 Å². The van der Waals surface area contributed by atoms with Crippen LogP contribution in [0.1, 0.15) is 15.9 Å². The second-order valence-electron chi connectivity index (χ2n) is 9.40. The molecule has 0 radical (unpaired) electrons. The van der Waals surface area contributed by atoms with E-state index in [-0.39, 0.29) is 19.5 Å². The van der Waals surface area contributed by atoms with E-state index >= 15 is 0 Å². The number of para-hydroxylation sites is 1. The van der Waals surface area contributed by atoms with Gasteiger partial charge in [0, 0.05) is 43.7 Å². The first-order valence-corrected chi connectivity index (χ1v) is 12.4. The fourth-order valence-electron chi connectivity index (χ4n) is 5.13. The van der Waals surface area contributed by atoms with Crippen molar-refractivity contribution >= 4 is 16.8 Å². The Morgan fingerprint density at radius 1 is 0.757 bits per heavy atom. The average molecular weight is 496 g/mol. The number of hydrogen-bond acceptors (Lipinski definition) is 7. The van der Waals surface area contributed by atoms with Gasteiger partial charge in [-0.1, -0.05) is 24.3 Å². The lowest BCUT2D eigenvalue weighted by Crippen LogP contribution is -2.48. The molecule has 7 rings (SSSR count). The number of hydrogen-bond donors (Lipinski definition) is 0. The molecular formula is C29H25N3O5. The molecule has 8 nitrogen and oxygen atoms in total. The quantitative estimate of drug-likeness (QED) is 0.418. The first-order chi connectivity index (χ1) is 18.2. The number of piperazine rings is 1. The number of rotatable bonds is 4. The van der Waals surface area contributed by atoms with Crippen molar-refractivity contribution in [3.05, 3.63) is 77.9 Å². The van der Waals surface area contributed by atoms with E-state index in [4.69, 9.17) is 23.9 Å². The van der Waals surface area contributed by atoms with E-state index in [0.717, 1.165) is 59.0 Å². The van der Waals surface area contributed by atoms with E-state index < -0.39 is 0 Å². The minimum Gasteiger partial charge on any atom is -0.454 e. The van der Waals surface area contributed by atoms with Crippen molar-refractivity contribution in [3.8, 4) is 34.3 Å². The van der Waals surface area contributed by atoms with Gasteiger partial charge in [0.05, 0.1) is 16.8 Å². The third-order valence-electron chi connectivity index (χ3n) is 7.12. The zero-order valence-corrected chi connectivity index (χ0v) is 20.2. The molecule has 0 unspecified atom stereocenters. The van der Waals surface area contributed by atoms with Crippen LogP contribution in [0.25, 0.3) is 22.2 Å². The zero-order valence-electron chi connectivity index (χ0n) is 20.2. The van der Waals surface area contributed by atoms with E-state index in [1.807, 2.05) is 65.6 Å². The van der Waals surface area contributed by atoms with Crippen molar-refractivity contribution in [2.45, 2.75) is 6.54 Å². The summed E-state index contributed by atoms with van der Waals surface area (Å²) in [5.41, 5.74) is 4.27. The van der Waals surface area contributed by atoms with Crippen LogP contribution in [0.5, 0.6) is 23.0 Å². The Labute approximate surface area is 213 Å². The first-order valence-electron chi connectivity index (χ1n) is 12.4. The number of benzene rings is 3. The van der Waals surface area contributed by atoms with Gasteiger partial charge in [0.15, 0.2) is 23.0 Å². The number of amides is 1. The summed E-state index contributed by atoms with van der Waals surface area (Å²) in [5.74, 6) is 3.04. The maximum absolute atomic E-state index is 13.8. The fourth-order valence-corrected chi connectivity index (χ4v) is 5.13. The summed E-state index contributed by atoms with van der Waals surface area (Å²) in [7, 11) is 0. The van der Waals surface area contributed by atoms with Gasteiger partial charge in [-0.25, -0.2) is 4.98 Å². The van der Waals surface area contributed by atoms with Crippen LogP contribution in [0.3, 0.4) is 0 Å². The second-order valence-corrected chi connectivity index (χ2v) is 9.40. The van der Waals surface area contributed by atoms with Crippen LogP contribution in [0.2, 0.25) is 0 Å². The minimum atomic E-state index is 0.0309. The molecule has 0 N–H and O–H groups in total. The summed E-state index contributed by atoms with van der Waals surface area (Å²) in [6, 6.07) is 21.6. The standard InChI is InChI=1S/C29H25N3O5/c33-29(32-11-9-31(10-12-32)16-19-5-7-25-27(13-19)36-17-34-25)22-15-24(30-23-4-2-1-3-21(22)23)20-6-8-26-28(14-20)37-18-35-26/h1-8,13-15H,9-12,16-18H2. The third kappa shape index (κ3) is 4.09. The van der Waals surface area contributed by atoms with Crippen LogP contribution in [0.4, 0.5) is 0 Å². The highest BCUT2D eigenvalue weighted by Gasteiger charge is 2.25. The molecule has 4 aromatic rings. The summed E-state index contributed by atoms with van der Waals surface area (Å²) < 4.78 is 21.9. The normalized spacial score (nSPS) is 16.4. The van der Waals surface area contributed by atoms with Crippen LogP contribution in [0.15, 0.2) is 66.7 Å². The number of nitrogens with zero attached hydrogens (tertiary/aromatic N) is 3. The van der Waals surface area contributed by atoms with Crippen LogP contribution in [-0.2, 0) is 6.54 Å². The van der Waals surface area contributed by atoms with Gasteiger partial charge in [-0.3, -0.25) is 9.69 Å². The molecular weight excluding hydrogens is 470 g/mol. The smallest absolute Gasteiger partial charge is 0.254 e. The Hall–Kier alpha value is -4.30. The fraction of sp³-hybridized carbons (Fsp3) is 0.241. The monoisotopic (exact) mass is 495 g/mol. The van der Waals surface area contributed by atoms with Crippen molar-refractivity contribution in [2.24, 2.45) is 0 Å². The molecule has 8 heteroatoms. The topological polar surface area (TPSA) is 73.4 Å². The maximum atomic E-state index is 13.8. The number of carbonyl (C=O) groups is 1. The maximum Gasteiger partial charge on any atom is 0.254 e. The highest BCUT2D eigenvalue weighted by molar-refractivity contribution is 6.07. The number of ether oxygens (including phenoxy) is 4. The molecule has 1 saturated heterocycles. The van der Waals surface area contributed by atoms with Gasteiger partial charge in [0.2, 0.25) is 13.6 Å². The van der Waals surface area contributed by atoms with Gasteiger partial charge < -0.3 is 23.8 Å².